The summed E-state index contributed by atoms with van der Waals surface area (Å²) in [6.45, 7) is 32.0. The van der Waals surface area contributed by atoms with Crippen LogP contribution in [0.15, 0.2) is 109 Å². The zero-order valence-corrected chi connectivity index (χ0v) is 31.8. The zero-order chi connectivity index (χ0) is 28.7. The molecule has 0 aliphatic rings. The van der Waals surface area contributed by atoms with Crippen LogP contribution in [0.2, 0.25) is 0 Å². The summed E-state index contributed by atoms with van der Waals surface area (Å²) in [6.07, 6.45) is 0. The van der Waals surface area contributed by atoms with Crippen LogP contribution in [0.25, 0.3) is 0 Å². The fraction of sp³-hybridized carbons (Fsp3) is 0.444. The van der Waals surface area contributed by atoms with Gasteiger partial charge < -0.3 is 14.9 Å². The van der Waals surface area contributed by atoms with Gasteiger partial charge >= 0.3 is 0 Å². The van der Waals surface area contributed by atoms with Crippen LogP contribution in [-0.2, 0) is 32.7 Å². The van der Waals surface area contributed by atoms with E-state index in [4.69, 9.17) is 0 Å². The Kier molecular flexibility index (Phi) is 269. The van der Waals surface area contributed by atoms with E-state index in [1.54, 1.807) is 0 Å². The van der Waals surface area contributed by atoms with Gasteiger partial charge in [0, 0.05) is 32.7 Å². The van der Waals surface area contributed by atoms with E-state index >= 15 is 0 Å². The summed E-state index contributed by atoms with van der Waals surface area (Å²) in [6, 6.07) is 36.0. The van der Waals surface area contributed by atoms with Crippen LogP contribution >= 0.6 is 0 Å². The van der Waals surface area contributed by atoms with Crippen molar-refractivity contribution in [2.75, 3.05) is 0 Å². The molecule has 0 aromatic heterocycles. The van der Waals surface area contributed by atoms with Crippen molar-refractivity contribution < 1.29 is 32.7 Å². The molecule has 0 unspecified atom stereocenters. The van der Waals surface area contributed by atoms with Gasteiger partial charge in [-0.15, -0.1) is 0 Å². The van der Waals surface area contributed by atoms with E-state index in [0.717, 1.165) is 0 Å². The molecule has 0 fully saturated rings. The minimum atomic E-state index is 0. The van der Waals surface area contributed by atoms with Crippen molar-refractivity contribution in [3.63, 3.8) is 0 Å². The first-order valence-corrected chi connectivity index (χ1v) is 14.0. The smallest absolute Gasteiger partial charge is 0 e. The molecule has 1 heteroatoms. The van der Waals surface area contributed by atoms with Crippen LogP contribution in [0.1, 0.15) is 111 Å². The molecule has 1 radical (unpaired) electrons. The van der Waals surface area contributed by atoms with Crippen molar-refractivity contribution in [1.29, 1.82) is 0 Å². The van der Waals surface area contributed by atoms with Gasteiger partial charge in [-0.05, 0) is 0 Å². The largest absolute Gasteiger partial charge is 0.358 e. The maximum atomic E-state index is 2.00. The van der Waals surface area contributed by atoms with Crippen LogP contribution in [0.3, 0.4) is 0 Å². The minimum absolute atomic E-state index is 0. The minimum Gasteiger partial charge on any atom is -0.358 e. The molecular weight excluding hydrogens is 521 g/mol. The Morgan fingerprint density at radius 3 is 0.216 bits per heavy atom. The fourth-order valence-electron chi connectivity index (χ4n) is 1.15. The number of benzene rings is 3. The first kappa shape index (κ1) is 70.5. The average Bonchev–Trinajstić information content (AvgIpc) is 3.04. The molecule has 3 aromatic carbocycles. The van der Waals surface area contributed by atoms with Crippen molar-refractivity contribution in [2.24, 2.45) is 0 Å². The van der Waals surface area contributed by atoms with Crippen LogP contribution < -0.4 is 0 Å². The predicted molar refractivity (Wildman–Crippen MR) is 183 cm³/mol. The summed E-state index contributed by atoms with van der Waals surface area (Å²) in [7, 11) is 0. The first-order chi connectivity index (χ1) is 17.0. The molecule has 0 saturated carbocycles. The Balaban J connectivity index is -0.0000000234. The quantitative estimate of drug-likeness (QED) is 0.227. The summed E-state index contributed by atoms with van der Waals surface area (Å²) in [4.78, 5) is 0. The van der Waals surface area contributed by atoms with Crippen molar-refractivity contribution in [2.45, 2.75) is 111 Å². The molecule has 0 nitrogen and oxygen atoms in total. The molecule has 0 atom stereocenters. The second-order valence-electron chi connectivity index (χ2n) is 3.46. The summed E-state index contributed by atoms with van der Waals surface area (Å²) in [5.41, 5.74) is 0. The Morgan fingerprint density at radius 2 is 0.189 bits per heavy atom. The van der Waals surface area contributed by atoms with Crippen molar-refractivity contribution >= 4 is 0 Å². The second kappa shape index (κ2) is 141. The number of hydrogen-bond donors (Lipinski definition) is 0. The molecular formula is C36H72Y-2. The van der Waals surface area contributed by atoms with E-state index in [1.807, 2.05) is 220 Å². The first-order valence-electron chi connectivity index (χ1n) is 14.0. The van der Waals surface area contributed by atoms with Crippen molar-refractivity contribution in [3.05, 3.63) is 124 Å². The zero-order valence-electron chi connectivity index (χ0n) is 29.0. The van der Waals surface area contributed by atoms with Gasteiger partial charge in [-0.2, -0.15) is 0 Å². The van der Waals surface area contributed by atoms with Gasteiger partial charge in [0.2, 0.25) is 0 Å². The fourth-order valence-corrected chi connectivity index (χ4v) is 1.15. The molecule has 0 spiro atoms. The Bertz CT molecular complexity index is 297. The van der Waals surface area contributed by atoms with Gasteiger partial charge in [0.1, 0.15) is 0 Å². The molecule has 0 bridgehead atoms. The van der Waals surface area contributed by atoms with Crippen LogP contribution in [0.4, 0.5) is 0 Å². The third kappa shape index (κ3) is 133. The van der Waals surface area contributed by atoms with E-state index in [0.29, 0.717) is 0 Å². The molecule has 3 rings (SSSR count). The normalized spacial score (nSPS) is 5.19. The molecule has 3 aromatic rings. The molecule has 0 amide bonds. The third-order valence-corrected chi connectivity index (χ3v) is 2.00. The maximum absolute atomic E-state index is 2.00. The molecule has 0 aliphatic carbocycles. The number of rotatable bonds is 0. The molecule has 0 heterocycles. The van der Waals surface area contributed by atoms with Crippen LogP contribution in [0.5, 0.6) is 0 Å². The van der Waals surface area contributed by atoms with Gasteiger partial charge in [-0.3, -0.25) is 0 Å². The van der Waals surface area contributed by atoms with Crippen LogP contribution in [0, 0.1) is 14.9 Å². The maximum Gasteiger partial charge on any atom is 0 e. The van der Waals surface area contributed by atoms with E-state index in [2.05, 4.69) is 0 Å². The SMILES string of the molecule is CC.CC.CC.CC.CC.CC.CC.CC.[CH3-].[CH3-].[Y].c1ccccc1.c1ccccc1.c1ccccc1. The Labute approximate surface area is 266 Å². The monoisotopic (exact) mass is 593 g/mol. The van der Waals surface area contributed by atoms with Gasteiger partial charge in [-0.25, -0.2) is 0 Å². The van der Waals surface area contributed by atoms with Crippen LogP contribution in [-0.4, -0.2) is 0 Å². The standard InChI is InChI=1S/3C6H6.8C2H6.2CH3.Y/c3*1-2-4-6-5-3-1;8*1-2;;;/h3*1-6H;8*1-2H3;2*1H3;/q;;;;;;;;;;;2*-1;. The summed E-state index contributed by atoms with van der Waals surface area (Å²) >= 11 is 0. The van der Waals surface area contributed by atoms with E-state index < -0.39 is 0 Å². The Hall–Kier alpha value is -1.24. The summed E-state index contributed by atoms with van der Waals surface area (Å²) in [5, 5.41) is 0. The van der Waals surface area contributed by atoms with Gasteiger partial charge in [-0.1, -0.05) is 220 Å². The topological polar surface area (TPSA) is 0 Å². The summed E-state index contributed by atoms with van der Waals surface area (Å²) in [5.74, 6) is 0. The predicted octanol–water partition coefficient (Wildman–Crippen LogP) is 14.2. The molecule has 0 N–H and O–H groups in total. The van der Waals surface area contributed by atoms with Gasteiger partial charge in [0.05, 0.1) is 0 Å². The van der Waals surface area contributed by atoms with Crippen molar-refractivity contribution in [3.8, 4) is 0 Å². The van der Waals surface area contributed by atoms with E-state index in [1.165, 1.54) is 0 Å². The average molecular weight is 594 g/mol. The molecule has 221 valence electrons. The number of hydrogen-bond acceptors (Lipinski definition) is 0. The second-order valence-corrected chi connectivity index (χ2v) is 3.46. The van der Waals surface area contributed by atoms with E-state index in [9.17, 15) is 0 Å². The van der Waals surface area contributed by atoms with Gasteiger partial charge in [0.15, 0.2) is 0 Å². The van der Waals surface area contributed by atoms with Gasteiger partial charge in [0.25, 0.3) is 0 Å². The summed E-state index contributed by atoms with van der Waals surface area (Å²) < 4.78 is 0. The molecule has 0 saturated heterocycles. The molecule has 0 aliphatic heterocycles. The molecule has 37 heavy (non-hydrogen) atoms. The van der Waals surface area contributed by atoms with E-state index in [-0.39, 0.29) is 47.6 Å². The Morgan fingerprint density at radius 1 is 0.162 bits per heavy atom. The van der Waals surface area contributed by atoms with Crippen molar-refractivity contribution in [1.82, 2.24) is 0 Å². The third-order valence-electron chi connectivity index (χ3n) is 2.00.